The van der Waals surface area contributed by atoms with Gasteiger partial charge in [-0.1, -0.05) is 51.5 Å². The number of hydrogen-bond donors (Lipinski definition) is 1. The molecule has 0 aromatic carbocycles. The first-order valence-electron chi connectivity index (χ1n) is 6.53. The molecule has 15 heavy (non-hydrogen) atoms. The summed E-state index contributed by atoms with van der Waals surface area (Å²) in [7, 11) is 0. The highest BCUT2D eigenvalue weighted by molar-refractivity contribution is 4.65. The van der Waals surface area contributed by atoms with Crippen molar-refractivity contribution in [3.8, 4) is 0 Å². The third kappa shape index (κ3) is 11.6. The minimum absolute atomic E-state index is 0.349. The molecule has 1 nitrogen and oxygen atoms in total. The maximum Gasteiger partial charge on any atom is 0.0456 e. The molecule has 1 atom stereocenters. The van der Waals surface area contributed by atoms with E-state index in [1.165, 1.54) is 57.8 Å². The zero-order valence-corrected chi connectivity index (χ0v) is 10.4. The van der Waals surface area contributed by atoms with Crippen LogP contribution in [0.3, 0.4) is 0 Å². The smallest absolute Gasteiger partial charge is 0.0456 e. The molecule has 0 aliphatic rings. The van der Waals surface area contributed by atoms with E-state index in [-0.39, 0.29) is 0 Å². The standard InChI is InChI=1S/C14H28O/c1-3-4-5-6-7-8-9-10-11-12-14(2)13-15/h3,14-15H,1,4-13H2,2H3. The summed E-state index contributed by atoms with van der Waals surface area (Å²) in [5, 5.41) is 8.85. The summed E-state index contributed by atoms with van der Waals surface area (Å²) >= 11 is 0. The zero-order chi connectivity index (χ0) is 11.4. The molecule has 0 radical (unpaired) electrons. The van der Waals surface area contributed by atoms with Gasteiger partial charge in [-0.2, -0.15) is 0 Å². The lowest BCUT2D eigenvalue weighted by Crippen LogP contribution is -1.99. The Labute approximate surface area is 95.6 Å². The van der Waals surface area contributed by atoms with E-state index in [0.29, 0.717) is 12.5 Å². The maximum atomic E-state index is 8.85. The molecule has 0 aliphatic carbocycles. The van der Waals surface area contributed by atoms with Crippen LogP contribution in [0.5, 0.6) is 0 Å². The van der Waals surface area contributed by atoms with Crippen molar-refractivity contribution < 1.29 is 5.11 Å². The van der Waals surface area contributed by atoms with Crippen LogP contribution in [0, 0.1) is 5.92 Å². The largest absolute Gasteiger partial charge is 0.396 e. The Morgan fingerprint density at radius 1 is 1.00 bits per heavy atom. The van der Waals surface area contributed by atoms with E-state index in [4.69, 9.17) is 5.11 Å². The van der Waals surface area contributed by atoms with Crippen LogP contribution in [0.15, 0.2) is 12.7 Å². The molecule has 0 saturated carbocycles. The van der Waals surface area contributed by atoms with Crippen molar-refractivity contribution in [3.05, 3.63) is 12.7 Å². The molecule has 0 aliphatic heterocycles. The fourth-order valence-electron chi connectivity index (χ4n) is 1.76. The molecular weight excluding hydrogens is 184 g/mol. The monoisotopic (exact) mass is 212 g/mol. The highest BCUT2D eigenvalue weighted by atomic mass is 16.3. The number of aliphatic hydroxyl groups excluding tert-OH is 1. The van der Waals surface area contributed by atoms with Gasteiger partial charge in [0, 0.05) is 6.61 Å². The van der Waals surface area contributed by atoms with Crippen LogP contribution < -0.4 is 0 Å². The van der Waals surface area contributed by atoms with Gasteiger partial charge in [-0.3, -0.25) is 0 Å². The fourth-order valence-corrected chi connectivity index (χ4v) is 1.76. The lowest BCUT2D eigenvalue weighted by Gasteiger charge is -2.06. The number of aliphatic hydroxyl groups is 1. The van der Waals surface area contributed by atoms with E-state index in [0.717, 1.165) is 0 Å². The van der Waals surface area contributed by atoms with Gasteiger partial charge >= 0.3 is 0 Å². The first-order valence-corrected chi connectivity index (χ1v) is 6.53. The third-order valence-corrected chi connectivity index (χ3v) is 2.92. The van der Waals surface area contributed by atoms with Crippen LogP contribution in [0.1, 0.15) is 64.7 Å². The Hall–Kier alpha value is -0.300. The number of rotatable bonds is 11. The molecule has 1 heteroatoms. The summed E-state index contributed by atoms with van der Waals surface area (Å²) < 4.78 is 0. The van der Waals surface area contributed by atoms with Crippen LogP contribution in [0.25, 0.3) is 0 Å². The molecule has 1 N–H and O–H groups in total. The van der Waals surface area contributed by atoms with Crippen LogP contribution >= 0.6 is 0 Å². The van der Waals surface area contributed by atoms with Gasteiger partial charge < -0.3 is 5.11 Å². The highest BCUT2D eigenvalue weighted by Crippen LogP contribution is 2.12. The quantitative estimate of drug-likeness (QED) is 0.399. The van der Waals surface area contributed by atoms with Crippen molar-refractivity contribution in [1.29, 1.82) is 0 Å². The number of unbranched alkanes of at least 4 members (excludes halogenated alkanes) is 7. The minimum Gasteiger partial charge on any atom is -0.396 e. The Balaban J connectivity index is 2.95. The van der Waals surface area contributed by atoms with Gasteiger partial charge in [0.2, 0.25) is 0 Å². The van der Waals surface area contributed by atoms with Crippen LogP contribution in [-0.2, 0) is 0 Å². The van der Waals surface area contributed by atoms with Crippen LogP contribution in [0.2, 0.25) is 0 Å². The van der Waals surface area contributed by atoms with Gasteiger partial charge in [-0.25, -0.2) is 0 Å². The van der Waals surface area contributed by atoms with Crippen molar-refractivity contribution in [1.82, 2.24) is 0 Å². The average Bonchev–Trinajstić information content (AvgIpc) is 2.26. The normalized spacial score (nSPS) is 12.7. The SMILES string of the molecule is C=CCCCCCCCCCC(C)CO. The first-order chi connectivity index (χ1) is 7.31. The molecule has 0 bridgehead atoms. The van der Waals surface area contributed by atoms with Crippen LogP contribution in [0.4, 0.5) is 0 Å². The van der Waals surface area contributed by atoms with Gasteiger partial charge in [0.1, 0.15) is 0 Å². The first kappa shape index (κ1) is 14.7. The number of allylic oxidation sites excluding steroid dienone is 1. The van der Waals surface area contributed by atoms with E-state index in [1.54, 1.807) is 0 Å². The zero-order valence-electron chi connectivity index (χ0n) is 10.4. The predicted molar refractivity (Wildman–Crippen MR) is 68.0 cm³/mol. The van der Waals surface area contributed by atoms with Crippen molar-refractivity contribution in [2.45, 2.75) is 64.7 Å². The molecule has 0 amide bonds. The molecule has 0 heterocycles. The summed E-state index contributed by atoms with van der Waals surface area (Å²) in [5.41, 5.74) is 0. The second-order valence-corrected chi connectivity index (χ2v) is 4.63. The lowest BCUT2D eigenvalue weighted by atomic mass is 10.0. The molecule has 0 saturated heterocycles. The Morgan fingerprint density at radius 3 is 2.07 bits per heavy atom. The van der Waals surface area contributed by atoms with Crippen molar-refractivity contribution in [2.24, 2.45) is 5.92 Å². The highest BCUT2D eigenvalue weighted by Gasteiger charge is 1.98. The molecule has 1 unspecified atom stereocenters. The fraction of sp³-hybridized carbons (Fsp3) is 0.857. The Morgan fingerprint density at radius 2 is 1.53 bits per heavy atom. The minimum atomic E-state index is 0.349. The van der Waals surface area contributed by atoms with Crippen LogP contribution in [-0.4, -0.2) is 11.7 Å². The molecule has 0 spiro atoms. The van der Waals surface area contributed by atoms with Gasteiger partial charge in [0.25, 0.3) is 0 Å². The molecule has 0 fully saturated rings. The topological polar surface area (TPSA) is 20.2 Å². The Bertz CT molecular complexity index is 131. The number of hydrogen-bond acceptors (Lipinski definition) is 1. The molecule has 0 rings (SSSR count). The predicted octanol–water partition coefficient (Wildman–Crippen LogP) is 4.31. The second-order valence-electron chi connectivity index (χ2n) is 4.63. The van der Waals surface area contributed by atoms with Gasteiger partial charge in [-0.05, 0) is 25.2 Å². The summed E-state index contributed by atoms with van der Waals surface area (Å²) in [5.74, 6) is 0.498. The Kier molecular flexibility index (Phi) is 11.5. The summed E-state index contributed by atoms with van der Waals surface area (Å²) in [6.45, 7) is 6.19. The summed E-state index contributed by atoms with van der Waals surface area (Å²) in [6.07, 6.45) is 13.8. The van der Waals surface area contributed by atoms with Crippen molar-refractivity contribution in [3.63, 3.8) is 0 Å². The van der Waals surface area contributed by atoms with Gasteiger partial charge in [0.05, 0.1) is 0 Å². The van der Waals surface area contributed by atoms with E-state index in [9.17, 15) is 0 Å². The summed E-state index contributed by atoms with van der Waals surface area (Å²) in [4.78, 5) is 0. The van der Waals surface area contributed by atoms with Gasteiger partial charge in [0.15, 0.2) is 0 Å². The molecule has 0 aromatic rings. The second kappa shape index (κ2) is 11.8. The maximum absolute atomic E-state index is 8.85. The molecule has 90 valence electrons. The lowest BCUT2D eigenvalue weighted by molar-refractivity contribution is 0.227. The van der Waals surface area contributed by atoms with Crippen molar-refractivity contribution in [2.75, 3.05) is 6.61 Å². The van der Waals surface area contributed by atoms with E-state index < -0.39 is 0 Å². The van der Waals surface area contributed by atoms with E-state index in [1.807, 2.05) is 6.08 Å². The third-order valence-electron chi connectivity index (χ3n) is 2.92. The average molecular weight is 212 g/mol. The molecular formula is C14H28O. The van der Waals surface area contributed by atoms with Crippen molar-refractivity contribution >= 4 is 0 Å². The summed E-state index contributed by atoms with van der Waals surface area (Å²) in [6, 6.07) is 0. The van der Waals surface area contributed by atoms with Gasteiger partial charge in [-0.15, -0.1) is 6.58 Å². The molecule has 0 aromatic heterocycles. The van der Waals surface area contributed by atoms with E-state index >= 15 is 0 Å². The van der Waals surface area contributed by atoms with E-state index in [2.05, 4.69) is 13.5 Å².